The van der Waals surface area contributed by atoms with Crippen molar-refractivity contribution in [1.29, 1.82) is 0 Å². The quantitative estimate of drug-likeness (QED) is 0.142. The van der Waals surface area contributed by atoms with Gasteiger partial charge in [0.15, 0.2) is 0 Å². The second kappa shape index (κ2) is 32.3. The highest BCUT2D eigenvalue weighted by molar-refractivity contribution is 5.76. The molecule has 4 amide bonds. The molecule has 0 aliphatic carbocycles. The van der Waals surface area contributed by atoms with E-state index < -0.39 is 0 Å². The predicted octanol–water partition coefficient (Wildman–Crippen LogP) is 5.28. The van der Waals surface area contributed by atoms with Gasteiger partial charge in [0.1, 0.15) is 0 Å². The van der Waals surface area contributed by atoms with Crippen molar-refractivity contribution in [2.45, 2.75) is 107 Å². The van der Waals surface area contributed by atoms with Crippen molar-refractivity contribution in [3.05, 3.63) is 0 Å². The number of amides is 4. The Labute approximate surface area is 240 Å². The molecule has 0 bridgehead atoms. The second-order valence-corrected chi connectivity index (χ2v) is 10.5. The van der Waals surface area contributed by atoms with Crippen LogP contribution in [-0.4, -0.2) is 70.5 Å². The third-order valence-electron chi connectivity index (χ3n) is 5.12. The SMILES string of the molecule is CC.CC(C)CCNC(=O)CCOCCOCCC(C)C.CCNC(=O)NCCCCCNC(=O)CC(C)C. The molecule has 0 spiro atoms. The van der Waals surface area contributed by atoms with E-state index in [1.165, 1.54) is 0 Å². The summed E-state index contributed by atoms with van der Waals surface area (Å²) in [4.78, 5) is 33.8. The number of hydrogen-bond donors (Lipinski definition) is 4. The van der Waals surface area contributed by atoms with Gasteiger partial charge in [-0.15, -0.1) is 0 Å². The second-order valence-electron chi connectivity index (χ2n) is 10.5. The van der Waals surface area contributed by atoms with Crippen molar-refractivity contribution < 1.29 is 23.9 Å². The molecule has 0 saturated carbocycles. The number of ether oxygens (including phenoxy) is 2. The summed E-state index contributed by atoms with van der Waals surface area (Å²) in [6, 6.07) is -0.109. The fourth-order valence-electron chi connectivity index (χ4n) is 2.92. The van der Waals surface area contributed by atoms with Gasteiger partial charge in [-0.3, -0.25) is 9.59 Å². The molecule has 0 aromatic rings. The van der Waals surface area contributed by atoms with Gasteiger partial charge < -0.3 is 30.7 Å². The first-order valence-corrected chi connectivity index (χ1v) is 15.3. The highest BCUT2D eigenvalue weighted by atomic mass is 16.5. The number of rotatable bonds is 21. The normalized spacial score (nSPS) is 10.4. The Morgan fingerprint density at radius 2 is 1.13 bits per heavy atom. The van der Waals surface area contributed by atoms with E-state index >= 15 is 0 Å². The Hall–Kier alpha value is -1.87. The lowest BCUT2D eigenvalue weighted by atomic mass is 10.1. The standard InChI is InChI=1S/C15H31NO3.C13H27N3O2.C2H6/c1-13(2)5-8-16-15(17)7-10-19-12-11-18-9-6-14(3)4;1-4-14-13(18)16-9-7-5-6-8-15-12(17)10-11(2)3;1-2/h13-14H,5-12H2,1-4H3,(H,16,17);11H,4-10H2,1-3H3,(H,15,17)(H2,14,16,18);1-2H3. The lowest BCUT2D eigenvalue weighted by molar-refractivity contribution is -0.123. The predicted molar refractivity (Wildman–Crippen MR) is 163 cm³/mol. The first kappa shape index (κ1) is 41.6. The Balaban J connectivity index is -0.000000625. The summed E-state index contributed by atoms with van der Waals surface area (Å²) in [6.45, 7) is 23.9. The molecular formula is C30H64N4O5. The highest BCUT2D eigenvalue weighted by Gasteiger charge is 2.04. The Morgan fingerprint density at radius 3 is 1.67 bits per heavy atom. The number of hydrogen-bond acceptors (Lipinski definition) is 5. The fraction of sp³-hybridized carbons (Fsp3) is 0.900. The maximum absolute atomic E-state index is 11.4. The monoisotopic (exact) mass is 560 g/mol. The highest BCUT2D eigenvalue weighted by Crippen LogP contribution is 2.00. The van der Waals surface area contributed by atoms with E-state index in [1.807, 2.05) is 34.6 Å². The van der Waals surface area contributed by atoms with Crippen molar-refractivity contribution >= 4 is 17.8 Å². The summed E-state index contributed by atoms with van der Waals surface area (Å²) in [5.41, 5.74) is 0. The Kier molecular flexibility index (Phi) is 34.5. The molecule has 0 aromatic carbocycles. The topological polar surface area (TPSA) is 118 Å². The summed E-state index contributed by atoms with van der Waals surface area (Å²) in [6.07, 6.45) is 6.05. The molecule has 0 aliphatic rings. The number of urea groups is 1. The van der Waals surface area contributed by atoms with E-state index in [4.69, 9.17) is 9.47 Å². The molecule has 39 heavy (non-hydrogen) atoms. The lowest BCUT2D eigenvalue weighted by Crippen LogP contribution is -2.35. The zero-order valence-corrected chi connectivity index (χ0v) is 26.9. The van der Waals surface area contributed by atoms with E-state index in [1.54, 1.807) is 0 Å². The van der Waals surface area contributed by atoms with Gasteiger partial charge in [-0.05, 0) is 56.8 Å². The van der Waals surface area contributed by atoms with Crippen LogP contribution in [0.15, 0.2) is 0 Å². The van der Waals surface area contributed by atoms with Crippen LogP contribution in [0.5, 0.6) is 0 Å². The van der Waals surface area contributed by atoms with Crippen LogP contribution in [0, 0.1) is 17.8 Å². The summed E-state index contributed by atoms with van der Waals surface area (Å²) in [5, 5.41) is 11.2. The Bertz CT molecular complexity index is 557. The minimum atomic E-state index is -0.109. The number of unbranched alkanes of at least 4 members (excludes halogenated alkanes) is 2. The van der Waals surface area contributed by atoms with Gasteiger partial charge in [0.05, 0.1) is 19.8 Å². The van der Waals surface area contributed by atoms with Crippen molar-refractivity contribution in [3.63, 3.8) is 0 Å². The lowest BCUT2D eigenvalue weighted by Gasteiger charge is -2.08. The number of carbonyl (C=O) groups is 3. The van der Waals surface area contributed by atoms with E-state index in [0.717, 1.165) is 51.8 Å². The molecular weight excluding hydrogens is 496 g/mol. The van der Waals surface area contributed by atoms with Crippen molar-refractivity contribution in [2.75, 3.05) is 52.6 Å². The smallest absolute Gasteiger partial charge is 0.314 e. The molecule has 0 unspecified atom stereocenters. The third-order valence-corrected chi connectivity index (χ3v) is 5.12. The fourth-order valence-corrected chi connectivity index (χ4v) is 2.92. The van der Waals surface area contributed by atoms with Crippen LogP contribution in [0.3, 0.4) is 0 Å². The summed E-state index contributed by atoms with van der Waals surface area (Å²) in [5.74, 6) is 1.91. The summed E-state index contributed by atoms with van der Waals surface area (Å²) in [7, 11) is 0. The van der Waals surface area contributed by atoms with Gasteiger partial charge >= 0.3 is 6.03 Å². The number of carbonyl (C=O) groups excluding carboxylic acids is 3. The zero-order chi connectivity index (χ0) is 30.3. The molecule has 0 heterocycles. The molecule has 0 saturated heterocycles. The molecule has 0 fully saturated rings. The maximum Gasteiger partial charge on any atom is 0.314 e. The van der Waals surface area contributed by atoms with Gasteiger partial charge in [0.2, 0.25) is 11.8 Å². The van der Waals surface area contributed by atoms with Gasteiger partial charge in [0.25, 0.3) is 0 Å². The summed E-state index contributed by atoms with van der Waals surface area (Å²) >= 11 is 0. The van der Waals surface area contributed by atoms with Crippen LogP contribution in [-0.2, 0) is 19.1 Å². The van der Waals surface area contributed by atoms with Crippen molar-refractivity contribution in [2.24, 2.45) is 17.8 Å². The maximum atomic E-state index is 11.4. The van der Waals surface area contributed by atoms with Crippen molar-refractivity contribution in [1.82, 2.24) is 21.3 Å². The first-order valence-electron chi connectivity index (χ1n) is 15.3. The van der Waals surface area contributed by atoms with Crippen LogP contribution in [0.2, 0.25) is 0 Å². The van der Waals surface area contributed by atoms with Crippen LogP contribution >= 0.6 is 0 Å². The van der Waals surface area contributed by atoms with E-state index in [9.17, 15) is 14.4 Å². The van der Waals surface area contributed by atoms with Crippen molar-refractivity contribution in [3.8, 4) is 0 Å². The molecule has 4 N–H and O–H groups in total. The molecule has 0 aliphatic heterocycles. The molecule has 0 rings (SSSR count). The molecule has 234 valence electrons. The van der Waals surface area contributed by atoms with E-state index in [2.05, 4.69) is 49.0 Å². The molecule has 0 radical (unpaired) electrons. The minimum Gasteiger partial charge on any atom is -0.379 e. The Morgan fingerprint density at radius 1 is 0.590 bits per heavy atom. The van der Waals surface area contributed by atoms with Gasteiger partial charge in [0, 0.05) is 45.6 Å². The first-order chi connectivity index (χ1) is 18.6. The van der Waals surface area contributed by atoms with E-state index in [-0.39, 0.29) is 17.8 Å². The molecule has 0 aromatic heterocycles. The largest absolute Gasteiger partial charge is 0.379 e. The summed E-state index contributed by atoms with van der Waals surface area (Å²) < 4.78 is 10.8. The van der Waals surface area contributed by atoms with Crippen LogP contribution in [0.25, 0.3) is 0 Å². The van der Waals surface area contributed by atoms with Gasteiger partial charge in [-0.25, -0.2) is 4.79 Å². The van der Waals surface area contributed by atoms with Gasteiger partial charge in [-0.2, -0.15) is 0 Å². The average Bonchev–Trinajstić information content (AvgIpc) is 2.86. The van der Waals surface area contributed by atoms with Gasteiger partial charge in [-0.1, -0.05) is 55.4 Å². The zero-order valence-electron chi connectivity index (χ0n) is 26.9. The van der Waals surface area contributed by atoms with Crippen LogP contribution in [0.4, 0.5) is 4.79 Å². The van der Waals surface area contributed by atoms with E-state index in [0.29, 0.717) is 63.5 Å². The molecule has 9 nitrogen and oxygen atoms in total. The minimum absolute atomic E-state index is 0.0707. The third kappa shape index (κ3) is 40.8. The van der Waals surface area contributed by atoms with Crippen LogP contribution < -0.4 is 21.3 Å². The number of nitrogens with one attached hydrogen (secondary N) is 4. The average molecular weight is 561 g/mol. The molecule has 9 heteroatoms. The van der Waals surface area contributed by atoms with Crippen LogP contribution in [0.1, 0.15) is 107 Å². The molecule has 0 atom stereocenters.